The first-order valence-corrected chi connectivity index (χ1v) is 9.01. The Kier molecular flexibility index (Phi) is 6.74. The van der Waals surface area contributed by atoms with Crippen molar-refractivity contribution in [2.45, 2.75) is 30.3 Å². The number of carbonyl (C=O) groups is 2. The van der Waals surface area contributed by atoms with E-state index in [2.05, 4.69) is 10.6 Å². The number of nitrogens with one attached hydrogen (secondary N) is 2. The number of amides is 2. The Morgan fingerprint density at radius 1 is 1.35 bits per heavy atom. The molecule has 1 aliphatic rings. The van der Waals surface area contributed by atoms with Gasteiger partial charge >= 0.3 is 0 Å². The van der Waals surface area contributed by atoms with Crippen LogP contribution in [0.4, 0.5) is 0 Å². The molecule has 1 saturated heterocycles. The highest BCUT2D eigenvalue weighted by atomic mass is 35.5. The van der Waals surface area contributed by atoms with Gasteiger partial charge in [-0.2, -0.15) is 0 Å². The summed E-state index contributed by atoms with van der Waals surface area (Å²) in [6.45, 7) is 3.22. The smallest absolute Gasteiger partial charge is 0.237 e. The van der Waals surface area contributed by atoms with Crippen molar-refractivity contribution in [2.75, 3.05) is 25.9 Å². The minimum absolute atomic E-state index is 0.0140. The molecule has 1 fully saturated rings. The van der Waals surface area contributed by atoms with E-state index in [9.17, 15) is 9.59 Å². The maximum Gasteiger partial charge on any atom is 0.237 e. The third-order valence-electron chi connectivity index (χ3n) is 3.75. The van der Waals surface area contributed by atoms with E-state index >= 15 is 0 Å². The average Bonchev–Trinajstić information content (AvgIpc) is 2.87. The molecule has 2 amide bonds. The van der Waals surface area contributed by atoms with Gasteiger partial charge in [-0.1, -0.05) is 11.6 Å². The van der Waals surface area contributed by atoms with E-state index in [1.165, 1.54) is 11.8 Å². The van der Waals surface area contributed by atoms with E-state index < -0.39 is 0 Å². The Labute approximate surface area is 146 Å². The second kappa shape index (κ2) is 8.57. The van der Waals surface area contributed by atoms with E-state index in [0.717, 1.165) is 4.90 Å². The summed E-state index contributed by atoms with van der Waals surface area (Å²) in [5.74, 6) is 0.371. The molecule has 0 aromatic heterocycles. The maximum absolute atomic E-state index is 12.1. The summed E-state index contributed by atoms with van der Waals surface area (Å²) in [4.78, 5) is 27.0. The van der Waals surface area contributed by atoms with Crippen LogP contribution in [0.25, 0.3) is 0 Å². The van der Waals surface area contributed by atoms with Crippen LogP contribution in [0.2, 0.25) is 5.02 Å². The lowest BCUT2D eigenvalue weighted by Crippen LogP contribution is -2.41. The Hall–Kier alpha value is -1.24. The molecule has 2 atom stereocenters. The fourth-order valence-corrected chi connectivity index (χ4v) is 3.49. The molecule has 0 saturated carbocycles. The monoisotopic (exact) mass is 355 g/mol. The van der Waals surface area contributed by atoms with Gasteiger partial charge in [0.25, 0.3) is 0 Å². The van der Waals surface area contributed by atoms with Crippen molar-refractivity contribution < 1.29 is 9.59 Å². The van der Waals surface area contributed by atoms with Gasteiger partial charge in [-0.05, 0) is 44.7 Å². The van der Waals surface area contributed by atoms with Crippen LogP contribution in [0.15, 0.2) is 29.2 Å². The first-order chi connectivity index (χ1) is 11.0. The standard InChI is InChI=1S/C16H22ClN3O2S/c1-3-18-16(22)14-8-12(9-20(14)2)19-15(21)10-23-13-6-4-11(17)5-7-13/h4-7,12,14H,3,8-10H2,1-2H3,(H,18,22)(H,19,21)/t12-,14-/m0/s1. The van der Waals surface area contributed by atoms with Crippen LogP contribution in [-0.2, 0) is 9.59 Å². The van der Waals surface area contributed by atoms with E-state index in [1.54, 1.807) is 0 Å². The van der Waals surface area contributed by atoms with Gasteiger partial charge in [0.05, 0.1) is 11.8 Å². The maximum atomic E-state index is 12.1. The molecule has 0 bridgehead atoms. The van der Waals surface area contributed by atoms with Crippen molar-refractivity contribution in [2.24, 2.45) is 0 Å². The van der Waals surface area contributed by atoms with E-state index in [-0.39, 0.29) is 23.9 Å². The molecule has 7 heteroatoms. The number of hydrogen-bond donors (Lipinski definition) is 2. The second-order valence-electron chi connectivity index (χ2n) is 5.59. The molecule has 1 heterocycles. The fraction of sp³-hybridized carbons (Fsp3) is 0.500. The van der Waals surface area contributed by atoms with E-state index in [1.807, 2.05) is 43.1 Å². The molecule has 1 aromatic carbocycles. The predicted octanol–water partition coefficient (Wildman–Crippen LogP) is 1.76. The Morgan fingerprint density at radius 3 is 2.70 bits per heavy atom. The van der Waals surface area contributed by atoms with Gasteiger partial charge in [-0.25, -0.2) is 0 Å². The van der Waals surface area contributed by atoms with Gasteiger partial charge in [0, 0.05) is 29.0 Å². The molecule has 0 aliphatic carbocycles. The number of nitrogens with zero attached hydrogens (tertiary/aromatic N) is 1. The first-order valence-electron chi connectivity index (χ1n) is 7.65. The molecular weight excluding hydrogens is 334 g/mol. The number of likely N-dealkylation sites (N-methyl/N-ethyl adjacent to an activating group) is 2. The predicted molar refractivity (Wildman–Crippen MR) is 93.8 cm³/mol. The van der Waals surface area contributed by atoms with Crippen molar-refractivity contribution in [3.8, 4) is 0 Å². The van der Waals surface area contributed by atoms with Crippen LogP contribution >= 0.6 is 23.4 Å². The zero-order chi connectivity index (χ0) is 16.8. The van der Waals surface area contributed by atoms with Gasteiger partial charge in [0.15, 0.2) is 0 Å². The zero-order valence-electron chi connectivity index (χ0n) is 13.3. The number of carbonyl (C=O) groups excluding carboxylic acids is 2. The zero-order valence-corrected chi connectivity index (χ0v) is 14.9. The lowest BCUT2D eigenvalue weighted by molar-refractivity contribution is -0.125. The van der Waals surface area contributed by atoms with Crippen LogP contribution in [0, 0.1) is 0 Å². The van der Waals surface area contributed by atoms with Gasteiger partial charge in [-0.15, -0.1) is 11.8 Å². The highest BCUT2D eigenvalue weighted by molar-refractivity contribution is 8.00. The minimum Gasteiger partial charge on any atom is -0.355 e. The molecule has 1 aliphatic heterocycles. The van der Waals surface area contributed by atoms with Crippen molar-refractivity contribution in [3.05, 3.63) is 29.3 Å². The second-order valence-corrected chi connectivity index (χ2v) is 7.08. The first kappa shape index (κ1) is 18.1. The summed E-state index contributed by atoms with van der Waals surface area (Å²) in [5.41, 5.74) is 0. The topological polar surface area (TPSA) is 61.4 Å². The van der Waals surface area contributed by atoms with Gasteiger partial charge in [0.1, 0.15) is 0 Å². The molecular formula is C16H22ClN3O2S. The molecule has 0 radical (unpaired) electrons. The Bertz CT molecular complexity index is 553. The van der Waals surface area contributed by atoms with Crippen molar-refractivity contribution in [1.82, 2.24) is 15.5 Å². The van der Waals surface area contributed by atoms with Crippen LogP contribution in [0.1, 0.15) is 13.3 Å². The molecule has 5 nitrogen and oxygen atoms in total. The van der Waals surface area contributed by atoms with Crippen molar-refractivity contribution in [3.63, 3.8) is 0 Å². The third kappa shape index (κ3) is 5.41. The summed E-state index contributed by atoms with van der Waals surface area (Å²) in [7, 11) is 1.91. The molecule has 0 spiro atoms. The Balaban J connectivity index is 1.77. The van der Waals surface area contributed by atoms with Crippen LogP contribution in [-0.4, -0.2) is 54.7 Å². The van der Waals surface area contributed by atoms with Crippen molar-refractivity contribution in [1.29, 1.82) is 0 Å². The average molecular weight is 356 g/mol. The minimum atomic E-state index is -0.163. The normalized spacial score (nSPS) is 21.2. The van der Waals surface area contributed by atoms with Gasteiger partial charge < -0.3 is 10.6 Å². The molecule has 2 rings (SSSR count). The lowest BCUT2D eigenvalue weighted by Gasteiger charge is -2.17. The number of thioether (sulfide) groups is 1. The highest BCUT2D eigenvalue weighted by Gasteiger charge is 2.34. The van der Waals surface area contributed by atoms with Crippen LogP contribution < -0.4 is 10.6 Å². The quantitative estimate of drug-likeness (QED) is 0.763. The summed E-state index contributed by atoms with van der Waals surface area (Å²) in [6, 6.07) is 7.27. The number of likely N-dealkylation sites (tertiary alicyclic amines) is 1. The summed E-state index contributed by atoms with van der Waals surface area (Å²) in [5, 5.41) is 6.53. The third-order valence-corrected chi connectivity index (χ3v) is 5.01. The number of benzene rings is 1. The summed E-state index contributed by atoms with van der Waals surface area (Å²) < 4.78 is 0. The van der Waals surface area contributed by atoms with Gasteiger partial charge in [-0.3, -0.25) is 14.5 Å². The molecule has 0 unspecified atom stereocenters. The SMILES string of the molecule is CCNC(=O)[C@@H]1C[C@H](NC(=O)CSc2ccc(Cl)cc2)CN1C. The van der Waals surface area contributed by atoms with E-state index in [4.69, 9.17) is 11.6 Å². The molecule has 1 aromatic rings. The van der Waals surface area contributed by atoms with E-state index in [0.29, 0.717) is 30.3 Å². The largest absolute Gasteiger partial charge is 0.355 e. The number of halogens is 1. The molecule has 2 N–H and O–H groups in total. The van der Waals surface area contributed by atoms with Gasteiger partial charge in [0.2, 0.25) is 11.8 Å². The Morgan fingerprint density at radius 2 is 2.04 bits per heavy atom. The molecule has 23 heavy (non-hydrogen) atoms. The molecule has 126 valence electrons. The lowest BCUT2D eigenvalue weighted by atomic mass is 10.1. The van der Waals surface area contributed by atoms with Crippen LogP contribution in [0.5, 0.6) is 0 Å². The number of rotatable bonds is 6. The number of hydrogen-bond acceptors (Lipinski definition) is 4. The summed E-state index contributed by atoms with van der Waals surface area (Å²) >= 11 is 7.31. The fourth-order valence-electron chi connectivity index (χ4n) is 2.65. The van der Waals surface area contributed by atoms with Crippen LogP contribution in [0.3, 0.4) is 0 Å². The highest BCUT2D eigenvalue weighted by Crippen LogP contribution is 2.21. The van der Waals surface area contributed by atoms with Crippen molar-refractivity contribution >= 4 is 35.2 Å². The summed E-state index contributed by atoms with van der Waals surface area (Å²) in [6.07, 6.45) is 0.652.